The van der Waals surface area contributed by atoms with Gasteiger partial charge in [-0.3, -0.25) is 4.79 Å². The van der Waals surface area contributed by atoms with E-state index < -0.39 is 0 Å². The number of fused-ring (bicyclic) bond motifs is 5. The van der Waals surface area contributed by atoms with Crippen molar-refractivity contribution in [1.82, 2.24) is 0 Å². The van der Waals surface area contributed by atoms with Crippen molar-refractivity contribution in [3.05, 3.63) is 0 Å². The van der Waals surface area contributed by atoms with Gasteiger partial charge in [0.2, 0.25) is 0 Å². The highest BCUT2D eigenvalue weighted by Gasteiger charge is 2.62. The van der Waals surface area contributed by atoms with E-state index in [1.165, 1.54) is 32.1 Å². The first-order valence-corrected chi connectivity index (χ1v) is 10.5. The minimum Gasteiger partial charge on any atom is -0.393 e. The van der Waals surface area contributed by atoms with Crippen LogP contribution in [0.15, 0.2) is 0 Å². The molecule has 1 N–H and O–H groups in total. The summed E-state index contributed by atoms with van der Waals surface area (Å²) in [5.74, 6) is 4.61. The van der Waals surface area contributed by atoms with Crippen LogP contribution in [0.2, 0.25) is 0 Å². The zero-order chi connectivity index (χ0) is 17.3. The standard InChI is InChI=1S/C22H36O2/c1-13-11-15-12-16(24)7-9-21(15,3)19-8-10-22(4)17(14(2)23)5-6-18(22)20(13)19/h13,15-20,24H,5-12H2,1-4H3/t13-,15-,16-,17-,18+,19+,20+,21+,22-/m1/s1. The van der Waals surface area contributed by atoms with Crippen LogP contribution in [0.4, 0.5) is 0 Å². The molecule has 136 valence electrons. The number of aliphatic hydroxyl groups is 1. The molecule has 0 bridgehead atoms. The Kier molecular flexibility index (Phi) is 3.95. The summed E-state index contributed by atoms with van der Waals surface area (Å²) in [6.45, 7) is 9.30. The predicted molar refractivity (Wildman–Crippen MR) is 96.5 cm³/mol. The number of carbonyl (C=O) groups is 1. The van der Waals surface area contributed by atoms with E-state index in [0.29, 0.717) is 23.0 Å². The molecular weight excluding hydrogens is 296 g/mol. The van der Waals surface area contributed by atoms with Gasteiger partial charge in [-0.15, -0.1) is 0 Å². The molecule has 2 nitrogen and oxygen atoms in total. The van der Waals surface area contributed by atoms with Crippen LogP contribution in [0.1, 0.15) is 79.1 Å². The van der Waals surface area contributed by atoms with Crippen molar-refractivity contribution in [2.24, 2.45) is 46.3 Å². The predicted octanol–water partition coefficient (Wildman–Crippen LogP) is 4.84. The number of aliphatic hydroxyl groups excluding tert-OH is 1. The van der Waals surface area contributed by atoms with Gasteiger partial charge < -0.3 is 5.11 Å². The molecule has 0 unspecified atom stereocenters. The Balaban J connectivity index is 1.66. The maximum absolute atomic E-state index is 12.2. The first-order valence-electron chi connectivity index (χ1n) is 10.5. The van der Waals surface area contributed by atoms with Gasteiger partial charge in [-0.1, -0.05) is 20.8 Å². The molecule has 0 aromatic rings. The Morgan fingerprint density at radius 2 is 1.62 bits per heavy atom. The Bertz CT molecular complexity index is 528. The van der Waals surface area contributed by atoms with Crippen molar-refractivity contribution in [2.75, 3.05) is 0 Å². The monoisotopic (exact) mass is 332 g/mol. The molecule has 9 atom stereocenters. The van der Waals surface area contributed by atoms with Gasteiger partial charge in [-0.05, 0) is 98.7 Å². The second kappa shape index (κ2) is 5.56. The summed E-state index contributed by atoms with van der Waals surface area (Å²) in [5.41, 5.74) is 0.699. The summed E-state index contributed by atoms with van der Waals surface area (Å²) in [4.78, 5) is 12.2. The molecule has 4 fully saturated rings. The van der Waals surface area contributed by atoms with Gasteiger partial charge in [-0.2, -0.15) is 0 Å². The van der Waals surface area contributed by atoms with Gasteiger partial charge in [-0.25, -0.2) is 0 Å². The van der Waals surface area contributed by atoms with Crippen LogP contribution in [0, 0.1) is 46.3 Å². The third-order valence-corrected chi connectivity index (χ3v) is 9.49. The fraction of sp³-hybridized carbons (Fsp3) is 0.955. The van der Waals surface area contributed by atoms with E-state index in [1.807, 2.05) is 6.92 Å². The van der Waals surface area contributed by atoms with Crippen LogP contribution in [-0.4, -0.2) is 17.0 Å². The fourth-order valence-electron chi connectivity index (χ4n) is 8.28. The average molecular weight is 333 g/mol. The van der Waals surface area contributed by atoms with E-state index in [2.05, 4.69) is 20.8 Å². The summed E-state index contributed by atoms with van der Waals surface area (Å²) in [6.07, 6.45) is 9.45. The summed E-state index contributed by atoms with van der Waals surface area (Å²) in [5, 5.41) is 10.2. The molecule has 0 aromatic heterocycles. The van der Waals surface area contributed by atoms with Crippen LogP contribution < -0.4 is 0 Å². The largest absolute Gasteiger partial charge is 0.393 e. The highest BCUT2D eigenvalue weighted by Crippen LogP contribution is 2.68. The number of carbonyl (C=O) groups excluding carboxylic acids is 1. The third-order valence-electron chi connectivity index (χ3n) is 9.49. The van der Waals surface area contributed by atoms with Gasteiger partial charge in [0.25, 0.3) is 0 Å². The van der Waals surface area contributed by atoms with E-state index in [4.69, 9.17) is 0 Å². The fourth-order valence-corrected chi connectivity index (χ4v) is 8.28. The molecule has 0 saturated heterocycles. The molecule has 4 aliphatic carbocycles. The van der Waals surface area contributed by atoms with Crippen molar-refractivity contribution in [3.8, 4) is 0 Å². The summed E-state index contributed by atoms with van der Waals surface area (Å²) < 4.78 is 0. The second-order valence-corrected chi connectivity index (χ2v) is 10.4. The van der Waals surface area contributed by atoms with Gasteiger partial charge in [0, 0.05) is 5.92 Å². The number of hydrogen-bond acceptors (Lipinski definition) is 2. The van der Waals surface area contributed by atoms with Crippen LogP contribution in [0.3, 0.4) is 0 Å². The van der Waals surface area contributed by atoms with Crippen molar-refractivity contribution in [2.45, 2.75) is 85.2 Å². The number of Topliss-reactive ketones (excluding diaryl/α,β-unsaturated/α-hetero) is 1. The molecular formula is C22H36O2. The Morgan fingerprint density at radius 1 is 0.958 bits per heavy atom. The molecule has 24 heavy (non-hydrogen) atoms. The van der Waals surface area contributed by atoms with Crippen LogP contribution >= 0.6 is 0 Å². The van der Waals surface area contributed by atoms with Gasteiger partial charge in [0.15, 0.2) is 0 Å². The number of rotatable bonds is 1. The van der Waals surface area contributed by atoms with Crippen LogP contribution in [-0.2, 0) is 4.79 Å². The van der Waals surface area contributed by atoms with E-state index in [1.54, 1.807) is 0 Å². The highest BCUT2D eigenvalue weighted by molar-refractivity contribution is 5.79. The van der Waals surface area contributed by atoms with Crippen molar-refractivity contribution in [1.29, 1.82) is 0 Å². The maximum atomic E-state index is 12.2. The van der Waals surface area contributed by atoms with E-state index >= 15 is 0 Å². The van der Waals surface area contributed by atoms with Gasteiger partial charge in [0.05, 0.1) is 6.10 Å². The van der Waals surface area contributed by atoms with Gasteiger partial charge in [0.1, 0.15) is 5.78 Å². The lowest BCUT2D eigenvalue weighted by atomic mass is 9.42. The lowest BCUT2D eigenvalue weighted by Crippen LogP contribution is -2.56. The van der Waals surface area contributed by atoms with E-state index in [-0.39, 0.29) is 11.5 Å². The normalized spacial score (nSPS) is 57.0. The minimum absolute atomic E-state index is 0.0609. The minimum atomic E-state index is -0.0609. The zero-order valence-corrected chi connectivity index (χ0v) is 16.1. The Labute approximate surface area is 147 Å². The molecule has 0 spiro atoms. The van der Waals surface area contributed by atoms with E-state index in [0.717, 1.165) is 42.9 Å². The molecule has 4 aliphatic rings. The average Bonchev–Trinajstić information content (AvgIpc) is 2.86. The van der Waals surface area contributed by atoms with E-state index in [9.17, 15) is 9.90 Å². The summed E-state index contributed by atoms with van der Waals surface area (Å²) >= 11 is 0. The van der Waals surface area contributed by atoms with Crippen molar-refractivity contribution >= 4 is 5.78 Å². The van der Waals surface area contributed by atoms with Crippen molar-refractivity contribution < 1.29 is 9.90 Å². The molecule has 0 aromatic carbocycles. The summed E-state index contributed by atoms with van der Waals surface area (Å²) in [7, 11) is 0. The molecule has 2 heteroatoms. The lowest BCUT2D eigenvalue weighted by molar-refractivity contribution is -0.152. The first kappa shape index (κ1) is 17.1. The van der Waals surface area contributed by atoms with Crippen LogP contribution in [0.25, 0.3) is 0 Å². The summed E-state index contributed by atoms with van der Waals surface area (Å²) in [6, 6.07) is 0. The third kappa shape index (κ3) is 2.20. The number of ketones is 1. The van der Waals surface area contributed by atoms with Crippen molar-refractivity contribution in [3.63, 3.8) is 0 Å². The molecule has 0 amide bonds. The second-order valence-electron chi connectivity index (χ2n) is 10.4. The Hall–Kier alpha value is -0.370. The molecule has 4 saturated carbocycles. The quantitative estimate of drug-likeness (QED) is 0.746. The number of hydrogen-bond donors (Lipinski definition) is 1. The molecule has 0 heterocycles. The highest BCUT2D eigenvalue weighted by atomic mass is 16.3. The lowest BCUT2D eigenvalue weighted by Gasteiger charge is -2.62. The molecule has 0 aliphatic heterocycles. The SMILES string of the molecule is CC(=O)[C@H]1CC[C@H]2[C@@H]3[C@H](C)C[C@@H]4C[C@H](O)CC[C@]4(C)[C@H]3CC[C@]12C. The molecule has 4 rings (SSSR count). The Morgan fingerprint density at radius 3 is 2.33 bits per heavy atom. The first-order chi connectivity index (χ1) is 11.3. The van der Waals surface area contributed by atoms with Gasteiger partial charge >= 0.3 is 0 Å². The smallest absolute Gasteiger partial charge is 0.133 e. The van der Waals surface area contributed by atoms with Crippen LogP contribution in [0.5, 0.6) is 0 Å². The maximum Gasteiger partial charge on any atom is 0.133 e. The molecule has 0 radical (unpaired) electrons. The topological polar surface area (TPSA) is 37.3 Å². The zero-order valence-electron chi connectivity index (χ0n) is 16.1.